The van der Waals surface area contributed by atoms with Crippen LogP contribution in [-0.4, -0.2) is 24.5 Å². The van der Waals surface area contributed by atoms with Crippen LogP contribution in [0.5, 0.6) is 5.75 Å². The molecule has 1 saturated carbocycles. The predicted octanol–water partition coefficient (Wildman–Crippen LogP) is 3.33. The van der Waals surface area contributed by atoms with Crippen LogP contribution in [0.25, 0.3) is 0 Å². The average molecular weight is 353 g/mol. The van der Waals surface area contributed by atoms with Gasteiger partial charge in [0.25, 0.3) is 5.91 Å². The van der Waals surface area contributed by atoms with Crippen molar-refractivity contribution in [3.8, 4) is 5.75 Å². The summed E-state index contributed by atoms with van der Waals surface area (Å²) >= 11 is 0. The maximum Gasteiger partial charge on any atom is 0.251 e. The molecule has 0 radical (unpaired) electrons. The first-order valence-electron chi connectivity index (χ1n) is 9.27. The molecule has 5 nitrogen and oxygen atoms in total. The summed E-state index contributed by atoms with van der Waals surface area (Å²) in [4.78, 5) is 17.4. The molecule has 0 spiro atoms. The van der Waals surface area contributed by atoms with Gasteiger partial charge in [0.2, 0.25) is 0 Å². The Morgan fingerprint density at radius 2 is 2.04 bits per heavy atom. The zero-order valence-electron chi connectivity index (χ0n) is 15.2. The van der Waals surface area contributed by atoms with E-state index in [-0.39, 0.29) is 11.9 Å². The highest BCUT2D eigenvalue weighted by Gasteiger charge is 2.30. The molecule has 138 valence electrons. The maximum absolute atomic E-state index is 12.8. The van der Waals surface area contributed by atoms with Gasteiger partial charge in [-0.15, -0.1) is 0 Å². The Balaban J connectivity index is 1.78. The molecule has 1 amide bonds. The first-order valence-corrected chi connectivity index (χ1v) is 9.27. The molecule has 5 heteroatoms. The van der Waals surface area contributed by atoms with E-state index in [1.54, 1.807) is 25.4 Å². The second-order valence-corrected chi connectivity index (χ2v) is 6.95. The number of hydrogen-bond donors (Lipinski definition) is 2. The zero-order valence-corrected chi connectivity index (χ0v) is 15.2. The van der Waals surface area contributed by atoms with Gasteiger partial charge in [0.1, 0.15) is 5.75 Å². The first kappa shape index (κ1) is 18.4. The Kier molecular flexibility index (Phi) is 6.23. The Hall–Kier alpha value is -2.40. The van der Waals surface area contributed by atoms with Crippen LogP contribution in [0.2, 0.25) is 0 Å². The van der Waals surface area contributed by atoms with Gasteiger partial charge in [0.05, 0.1) is 18.8 Å². The highest BCUT2D eigenvalue weighted by molar-refractivity contribution is 5.94. The van der Waals surface area contributed by atoms with Gasteiger partial charge in [-0.3, -0.25) is 9.78 Å². The lowest BCUT2D eigenvalue weighted by Crippen LogP contribution is -2.36. The number of rotatable bonds is 6. The highest BCUT2D eigenvalue weighted by atomic mass is 16.5. The van der Waals surface area contributed by atoms with Crippen molar-refractivity contribution in [3.05, 3.63) is 59.9 Å². The van der Waals surface area contributed by atoms with Crippen molar-refractivity contribution in [3.63, 3.8) is 0 Å². The van der Waals surface area contributed by atoms with Gasteiger partial charge >= 0.3 is 0 Å². The van der Waals surface area contributed by atoms with E-state index in [1.165, 1.54) is 0 Å². The SMILES string of the molecule is COc1cccc(C(=O)N[C@H](c2ccccn2)C2CCC(CN)CC2)c1. The zero-order chi connectivity index (χ0) is 18.4. The number of amides is 1. The van der Waals surface area contributed by atoms with E-state index in [0.29, 0.717) is 23.1 Å². The fourth-order valence-corrected chi connectivity index (χ4v) is 3.74. The van der Waals surface area contributed by atoms with Crippen molar-refractivity contribution in [2.45, 2.75) is 31.7 Å². The number of nitrogens with one attached hydrogen (secondary N) is 1. The highest BCUT2D eigenvalue weighted by Crippen LogP contribution is 2.36. The molecule has 1 aromatic carbocycles. The van der Waals surface area contributed by atoms with Crippen molar-refractivity contribution in [2.75, 3.05) is 13.7 Å². The van der Waals surface area contributed by atoms with Crippen molar-refractivity contribution >= 4 is 5.91 Å². The third kappa shape index (κ3) is 4.41. The molecule has 0 unspecified atom stereocenters. The lowest BCUT2D eigenvalue weighted by atomic mass is 9.77. The number of carbonyl (C=O) groups is 1. The quantitative estimate of drug-likeness (QED) is 0.835. The number of nitrogens with zero attached hydrogens (tertiary/aromatic N) is 1. The first-order chi connectivity index (χ1) is 12.7. The number of benzene rings is 1. The Labute approximate surface area is 155 Å². The molecule has 1 aliphatic carbocycles. The number of ether oxygens (including phenoxy) is 1. The number of pyridine rings is 1. The van der Waals surface area contributed by atoms with Gasteiger partial charge in [-0.05, 0) is 74.4 Å². The van der Waals surface area contributed by atoms with Crippen molar-refractivity contribution in [1.82, 2.24) is 10.3 Å². The van der Waals surface area contributed by atoms with E-state index in [0.717, 1.165) is 37.9 Å². The molecule has 0 bridgehead atoms. The van der Waals surface area contributed by atoms with Gasteiger partial charge in [-0.2, -0.15) is 0 Å². The van der Waals surface area contributed by atoms with Gasteiger partial charge in [-0.1, -0.05) is 12.1 Å². The van der Waals surface area contributed by atoms with Crippen LogP contribution in [-0.2, 0) is 0 Å². The van der Waals surface area contributed by atoms with Crippen LogP contribution in [0.3, 0.4) is 0 Å². The molecule has 0 saturated heterocycles. The van der Waals surface area contributed by atoms with Gasteiger partial charge in [-0.25, -0.2) is 0 Å². The molecular formula is C21H27N3O2. The van der Waals surface area contributed by atoms with Gasteiger partial charge in [0.15, 0.2) is 0 Å². The largest absolute Gasteiger partial charge is 0.497 e. The fraction of sp³-hybridized carbons (Fsp3) is 0.429. The summed E-state index contributed by atoms with van der Waals surface area (Å²) < 4.78 is 5.23. The lowest BCUT2D eigenvalue weighted by Gasteiger charge is -2.33. The van der Waals surface area contributed by atoms with E-state index in [2.05, 4.69) is 10.3 Å². The van der Waals surface area contributed by atoms with Crippen LogP contribution in [0.4, 0.5) is 0 Å². The average Bonchev–Trinajstić information content (AvgIpc) is 2.72. The van der Waals surface area contributed by atoms with Gasteiger partial charge in [0, 0.05) is 11.8 Å². The third-order valence-electron chi connectivity index (χ3n) is 5.32. The second-order valence-electron chi connectivity index (χ2n) is 6.95. The molecule has 0 aliphatic heterocycles. The van der Waals surface area contributed by atoms with Crippen LogP contribution in [0, 0.1) is 11.8 Å². The normalized spacial score (nSPS) is 21.0. The van der Waals surface area contributed by atoms with Crippen LogP contribution in [0.1, 0.15) is 47.8 Å². The topological polar surface area (TPSA) is 77.2 Å². The van der Waals surface area contributed by atoms with Crippen molar-refractivity contribution < 1.29 is 9.53 Å². The summed E-state index contributed by atoms with van der Waals surface area (Å²) in [5.74, 6) is 1.56. The molecule has 26 heavy (non-hydrogen) atoms. The van der Waals surface area contributed by atoms with E-state index in [4.69, 9.17) is 10.5 Å². The summed E-state index contributed by atoms with van der Waals surface area (Å²) in [5, 5.41) is 3.22. The minimum atomic E-state index is -0.0968. The molecule has 3 rings (SSSR count). The third-order valence-corrected chi connectivity index (χ3v) is 5.32. The molecule has 1 heterocycles. The predicted molar refractivity (Wildman–Crippen MR) is 102 cm³/mol. The summed E-state index contributed by atoms with van der Waals surface area (Å²) in [7, 11) is 1.60. The summed E-state index contributed by atoms with van der Waals surface area (Å²) in [5.41, 5.74) is 7.34. The number of methoxy groups -OCH3 is 1. The standard InChI is InChI=1S/C21H27N3O2/c1-26-18-6-4-5-17(13-18)21(25)24-20(19-7-2-3-12-23-19)16-10-8-15(14-22)9-11-16/h2-7,12-13,15-16,20H,8-11,14,22H2,1H3,(H,24,25)/t15?,16?,20-/m0/s1. The molecule has 2 aromatic rings. The lowest BCUT2D eigenvalue weighted by molar-refractivity contribution is 0.0905. The molecule has 1 aliphatic rings. The number of hydrogen-bond acceptors (Lipinski definition) is 4. The molecule has 3 N–H and O–H groups in total. The second kappa shape index (κ2) is 8.81. The Morgan fingerprint density at radius 1 is 1.23 bits per heavy atom. The summed E-state index contributed by atoms with van der Waals surface area (Å²) in [6.07, 6.45) is 6.12. The number of nitrogens with two attached hydrogens (primary N) is 1. The van der Waals surface area contributed by atoms with Crippen LogP contribution >= 0.6 is 0 Å². The van der Waals surface area contributed by atoms with Crippen molar-refractivity contribution in [1.29, 1.82) is 0 Å². The number of aromatic nitrogens is 1. The maximum atomic E-state index is 12.8. The summed E-state index contributed by atoms with van der Waals surface area (Å²) in [6, 6.07) is 13.0. The van der Waals surface area contributed by atoms with E-state index < -0.39 is 0 Å². The minimum Gasteiger partial charge on any atom is -0.497 e. The van der Waals surface area contributed by atoms with Crippen LogP contribution in [0.15, 0.2) is 48.7 Å². The van der Waals surface area contributed by atoms with E-state index >= 15 is 0 Å². The smallest absolute Gasteiger partial charge is 0.251 e. The van der Waals surface area contributed by atoms with E-state index in [1.807, 2.05) is 30.3 Å². The summed E-state index contributed by atoms with van der Waals surface area (Å²) in [6.45, 7) is 0.747. The minimum absolute atomic E-state index is 0.0892. The fourth-order valence-electron chi connectivity index (χ4n) is 3.74. The van der Waals surface area contributed by atoms with Crippen molar-refractivity contribution in [2.24, 2.45) is 17.6 Å². The molecule has 1 aromatic heterocycles. The molecule has 1 atom stereocenters. The Bertz CT molecular complexity index is 712. The van der Waals surface area contributed by atoms with E-state index in [9.17, 15) is 4.79 Å². The molecular weight excluding hydrogens is 326 g/mol. The van der Waals surface area contributed by atoms with Gasteiger partial charge < -0.3 is 15.8 Å². The Morgan fingerprint density at radius 3 is 2.69 bits per heavy atom. The van der Waals surface area contributed by atoms with Crippen LogP contribution < -0.4 is 15.8 Å². The molecule has 1 fully saturated rings. The number of carbonyl (C=O) groups excluding carboxylic acids is 1. The monoisotopic (exact) mass is 353 g/mol.